The molecule has 2 nitrogen and oxygen atoms in total. The first-order valence-electron chi connectivity index (χ1n) is 5.97. The normalized spacial score (nSPS) is 19.7. The summed E-state index contributed by atoms with van der Waals surface area (Å²) in [5.74, 6) is 0.660. The minimum atomic E-state index is 0.410. The Bertz CT molecular complexity index is 326. The lowest BCUT2D eigenvalue weighted by atomic mass is 10.1. The van der Waals surface area contributed by atoms with Gasteiger partial charge in [0.05, 0.1) is 11.7 Å². The van der Waals surface area contributed by atoms with Crippen LogP contribution < -0.4 is 0 Å². The summed E-state index contributed by atoms with van der Waals surface area (Å²) in [6.07, 6.45) is 6.34. The first-order chi connectivity index (χ1) is 7.22. The van der Waals surface area contributed by atoms with Gasteiger partial charge in [-0.15, -0.1) is 0 Å². The molecule has 84 valence electrons. The third-order valence-corrected chi connectivity index (χ3v) is 3.77. The number of aromatic nitrogens is 2. The lowest BCUT2D eigenvalue weighted by Gasteiger charge is -2.10. The van der Waals surface area contributed by atoms with Crippen molar-refractivity contribution in [2.24, 2.45) is 0 Å². The van der Waals surface area contributed by atoms with Crippen molar-refractivity contribution >= 4 is 11.6 Å². The maximum atomic E-state index is 6.20. The van der Waals surface area contributed by atoms with Gasteiger partial charge < -0.3 is 0 Å². The molecule has 0 radical (unpaired) electrons. The van der Waals surface area contributed by atoms with Crippen LogP contribution in [0.1, 0.15) is 63.6 Å². The van der Waals surface area contributed by atoms with Gasteiger partial charge in [0, 0.05) is 5.92 Å². The highest BCUT2D eigenvalue weighted by Crippen LogP contribution is 2.34. The first kappa shape index (κ1) is 11.0. The second-order valence-electron chi connectivity index (χ2n) is 4.58. The molecular weight excluding hydrogens is 208 g/mol. The first-order valence-corrected chi connectivity index (χ1v) is 6.35. The van der Waals surface area contributed by atoms with E-state index in [9.17, 15) is 0 Å². The van der Waals surface area contributed by atoms with Crippen molar-refractivity contribution in [2.45, 2.75) is 57.9 Å². The Morgan fingerprint density at radius 1 is 1.53 bits per heavy atom. The van der Waals surface area contributed by atoms with E-state index < -0.39 is 0 Å². The SMILES string of the molecule is CCC(C)n1nc(C2CCCC2)cc1Cl. The van der Waals surface area contributed by atoms with E-state index >= 15 is 0 Å². The second kappa shape index (κ2) is 4.56. The molecule has 0 bridgehead atoms. The zero-order chi connectivity index (χ0) is 10.8. The number of hydrogen-bond acceptors (Lipinski definition) is 1. The van der Waals surface area contributed by atoms with E-state index in [1.807, 2.05) is 4.68 Å². The molecule has 1 aromatic rings. The van der Waals surface area contributed by atoms with Crippen LogP contribution in [0.4, 0.5) is 0 Å². The van der Waals surface area contributed by atoms with Crippen LogP contribution in [0.25, 0.3) is 0 Å². The average molecular weight is 227 g/mol. The molecule has 1 atom stereocenters. The third kappa shape index (κ3) is 2.20. The zero-order valence-corrected chi connectivity index (χ0v) is 10.3. The van der Waals surface area contributed by atoms with E-state index in [0.717, 1.165) is 11.6 Å². The van der Waals surface area contributed by atoms with Gasteiger partial charge in [-0.1, -0.05) is 31.4 Å². The zero-order valence-electron chi connectivity index (χ0n) is 9.54. The van der Waals surface area contributed by atoms with Crippen molar-refractivity contribution in [3.8, 4) is 0 Å². The van der Waals surface area contributed by atoms with Gasteiger partial charge in [0.1, 0.15) is 5.15 Å². The van der Waals surface area contributed by atoms with E-state index in [1.165, 1.54) is 31.4 Å². The van der Waals surface area contributed by atoms with Gasteiger partial charge in [0.15, 0.2) is 0 Å². The summed E-state index contributed by atoms with van der Waals surface area (Å²) in [5.41, 5.74) is 1.21. The van der Waals surface area contributed by atoms with Crippen molar-refractivity contribution in [1.29, 1.82) is 0 Å². The second-order valence-corrected chi connectivity index (χ2v) is 4.96. The molecule has 1 heterocycles. The van der Waals surface area contributed by atoms with E-state index in [2.05, 4.69) is 25.0 Å². The van der Waals surface area contributed by atoms with Gasteiger partial charge >= 0.3 is 0 Å². The summed E-state index contributed by atoms with van der Waals surface area (Å²) in [6, 6.07) is 2.47. The Balaban J connectivity index is 2.20. The van der Waals surface area contributed by atoms with Gasteiger partial charge in [-0.05, 0) is 32.3 Å². The fraction of sp³-hybridized carbons (Fsp3) is 0.750. The van der Waals surface area contributed by atoms with Gasteiger partial charge in [0.2, 0.25) is 0 Å². The van der Waals surface area contributed by atoms with Crippen LogP contribution in [0.3, 0.4) is 0 Å². The highest BCUT2D eigenvalue weighted by atomic mass is 35.5. The van der Waals surface area contributed by atoms with Crippen LogP contribution in [-0.4, -0.2) is 9.78 Å². The van der Waals surface area contributed by atoms with E-state index in [0.29, 0.717) is 12.0 Å². The third-order valence-electron chi connectivity index (χ3n) is 3.49. The predicted octanol–water partition coefficient (Wildman–Crippen LogP) is 4.17. The molecule has 0 N–H and O–H groups in total. The maximum absolute atomic E-state index is 6.20. The quantitative estimate of drug-likeness (QED) is 0.757. The largest absolute Gasteiger partial charge is 0.251 e. The fourth-order valence-corrected chi connectivity index (χ4v) is 2.61. The molecule has 1 saturated carbocycles. The van der Waals surface area contributed by atoms with Crippen molar-refractivity contribution in [1.82, 2.24) is 9.78 Å². The lowest BCUT2D eigenvalue weighted by Crippen LogP contribution is -2.06. The Morgan fingerprint density at radius 3 is 2.80 bits per heavy atom. The highest BCUT2D eigenvalue weighted by molar-refractivity contribution is 6.29. The molecule has 1 unspecified atom stereocenters. The van der Waals surface area contributed by atoms with Crippen LogP contribution in [0, 0.1) is 0 Å². The average Bonchev–Trinajstić information content (AvgIpc) is 2.84. The monoisotopic (exact) mass is 226 g/mol. The lowest BCUT2D eigenvalue weighted by molar-refractivity contribution is 0.470. The van der Waals surface area contributed by atoms with Crippen LogP contribution in [-0.2, 0) is 0 Å². The summed E-state index contributed by atoms with van der Waals surface area (Å²) < 4.78 is 1.97. The Kier molecular flexibility index (Phi) is 3.35. The van der Waals surface area contributed by atoms with Crippen LogP contribution in [0.5, 0.6) is 0 Å². The van der Waals surface area contributed by atoms with Crippen molar-refractivity contribution in [2.75, 3.05) is 0 Å². The molecule has 0 saturated heterocycles. The topological polar surface area (TPSA) is 17.8 Å². The number of rotatable bonds is 3. The van der Waals surface area contributed by atoms with Gasteiger partial charge in [-0.2, -0.15) is 5.10 Å². The maximum Gasteiger partial charge on any atom is 0.127 e. The minimum absolute atomic E-state index is 0.410. The molecule has 1 fully saturated rings. The molecule has 0 amide bonds. The fourth-order valence-electron chi connectivity index (χ4n) is 2.29. The molecule has 0 spiro atoms. The van der Waals surface area contributed by atoms with Crippen molar-refractivity contribution in [3.63, 3.8) is 0 Å². The summed E-state index contributed by atoms with van der Waals surface area (Å²) in [4.78, 5) is 0. The molecule has 1 aliphatic carbocycles. The van der Waals surface area contributed by atoms with Crippen molar-refractivity contribution in [3.05, 3.63) is 16.9 Å². The van der Waals surface area contributed by atoms with Gasteiger partial charge in [0.25, 0.3) is 0 Å². The Hall–Kier alpha value is -0.500. The Morgan fingerprint density at radius 2 is 2.20 bits per heavy atom. The van der Waals surface area contributed by atoms with E-state index in [1.54, 1.807) is 0 Å². The van der Waals surface area contributed by atoms with Gasteiger partial charge in [-0.25, -0.2) is 0 Å². The smallest absolute Gasteiger partial charge is 0.127 e. The standard InChI is InChI=1S/C12H19ClN2/c1-3-9(2)15-12(13)8-11(14-15)10-6-4-5-7-10/h8-10H,3-7H2,1-2H3. The molecule has 15 heavy (non-hydrogen) atoms. The molecular formula is C12H19ClN2. The summed E-state index contributed by atoms with van der Waals surface area (Å²) in [5, 5.41) is 5.44. The molecule has 1 aromatic heterocycles. The molecule has 2 rings (SSSR count). The number of halogens is 1. The van der Waals surface area contributed by atoms with Gasteiger partial charge in [-0.3, -0.25) is 4.68 Å². The molecule has 0 aliphatic heterocycles. The van der Waals surface area contributed by atoms with E-state index in [4.69, 9.17) is 11.6 Å². The number of hydrogen-bond donors (Lipinski definition) is 0. The van der Waals surface area contributed by atoms with Crippen LogP contribution in [0.15, 0.2) is 6.07 Å². The molecule has 3 heteroatoms. The van der Waals surface area contributed by atoms with Crippen LogP contribution >= 0.6 is 11.6 Å². The summed E-state index contributed by atoms with van der Waals surface area (Å²) in [7, 11) is 0. The van der Waals surface area contributed by atoms with Crippen LogP contribution in [0.2, 0.25) is 5.15 Å². The Labute approximate surface area is 96.6 Å². The predicted molar refractivity (Wildman–Crippen MR) is 63.4 cm³/mol. The van der Waals surface area contributed by atoms with E-state index in [-0.39, 0.29) is 0 Å². The molecule has 0 aromatic carbocycles. The molecule has 1 aliphatic rings. The van der Waals surface area contributed by atoms with Crippen molar-refractivity contribution < 1.29 is 0 Å². The highest BCUT2D eigenvalue weighted by Gasteiger charge is 2.21. The minimum Gasteiger partial charge on any atom is -0.251 e. The summed E-state index contributed by atoms with van der Waals surface area (Å²) in [6.45, 7) is 4.33. The summed E-state index contributed by atoms with van der Waals surface area (Å²) >= 11 is 6.20. The number of nitrogens with zero attached hydrogens (tertiary/aromatic N) is 2.